The van der Waals surface area contributed by atoms with Crippen LogP contribution in [0, 0.1) is 30.6 Å². The van der Waals surface area contributed by atoms with Crippen LogP contribution in [-0.4, -0.2) is 94.3 Å². The minimum absolute atomic E-state index is 0.00857. The van der Waals surface area contributed by atoms with Crippen LogP contribution in [0.1, 0.15) is 120 Å². The lowest BCUT2D eigenvalue weighted by atomic mass is 9.80. The molecule has 1 aromatic carbocycles. The SMILES string of the molecule is CCNC(=O)N[C@H](C[C@H](C(C)C)N(C)C(=O)[C@@H](CC(=O)[C@@]1(C)CCCN1C)[C@@H](C)CC)c1nc(C(=O)N[C@@H](Cc2ccc(C)cc2)C[C@H](C)C(=O)O)cs1. The molecule has 1 fully saturated rings. The first-order chi connectivity index (χ1) is 25.4. The van der Waals surface area contributed by atoms with Gasteiger partial charge in [0.15, 0.2) is 5.78 Å². The van der Waals surface area contributed by atoms with E-state index in [1.165, 1.54) is 11.3 Å². The number of nitrogens with zero attached hydrogens (tertiary/aromatic N) is 3. The Bertz CT molecular complexity index is 1580. The van der Waals surface area contributed by atoms with Crippen molar-refractivity contribution < 1.29 is 29.1 Å². The lowest BCUT2D eigenvalue weighted by Gasteiger charge is -2.38. The van der Waals surface area contributed by atoms with Gasteiger partial charge in [-0.3, -0.25) is 24.1 Å². The minimum atomic E-state index is -0.936. The van der Waals surface area contributed by atoms with Gasteiger partial charge in [0.25, 0.3) is 5.91 Å². The van der Waals surface area contributed by atoms with Crippen LogP contribution in [0.4, 0.5) is 4.79 Å². The van der Waals surface area contributed by atoms with Crippen LogP contribution in [0.25, 0.3) is 0 Å². The zero-order valence-corrected chi connectivity index (χ0v) is 34.8. The molecule has 0 aliphatic carbocycles. The Kier molecular flexibility index (Phi) is 16.7. The van der Waals surface area contributed by atoms with Crippen LogP contribution in [0.15, 0.2) is 29.6 Å². The van der Waals surface area contributed by atoms with Crippen LogP contribution in [0.3, 0.4) is 0 Å². The van der Waals surface area contributed by atoms with Crippen molar-refractivity contribution in [2.75, 3.05) is 27.2 Å². The first-order valence-electron chi connectivity index (χ1n) is 19.5. The highest BCUT2D eigenvalue weighted by molar-refractivity contribution is 7.09. The van der Waals surface area contributed by atoms with E-state index < -0.39 is 47.4 Å². The molecule has 1 aromatic heterocycles. The number of carboxylic acids is 1. The molecule has 2 aromatic rings. The molecule has 0 bridgehead atoms. The number of rotatable bonds is 20. The van der Waals surface area contributed by atoms with Gasteiger partial charge >= 0.3 is 12.0 Å². The molecular formula is C41H64N6O6S. The maximum atomic E-state index is 14.4. The van der Waals surface area contributed by atoms with Crippen molar-refractivity contribution in [2.45, 2.75) is 124 Å². The highest BCUT2D eigenvalue weighted by Gasteiger charge is 2.43. The van der Waals surface area contributed by atoms with Gasteiger partial charge in [-0.1, -0.05) is 70.9 Å². The third-order valence-electron chi connectivity index (χ3n) is 11.4. The molecule has 3 rings (SSSR count). The van der Waals surface area contributed by atoms with Gasteiger partial charge < -0.3 is 26.0 Å². The molecule has 13 heteroatoms. The third kappa shape index (κ3) is 11.8. The number of nitrogens with one attached hydrogen (secondary N) is 3. The van der Waals surface area contributed by atoms with Crippen molar-refractivity contribution in [3.05, 3.63) is 51.5 Å². The molecular weight excluding hydrogens is 705 g/mol. The smallest absolute Gasteiger partial charge is 0.315 e. The Balaban J connectivity index is 1.87. The maximum absolute atomic E-state index is 14.4. The Morgan fingerprint density at radius 1 is 1.04 bits per heavy atom. The van der Waals surface area contributed by atoms with Crippen LogP contribution >= 0.6 is 11.3 Å². The van der Waals surface area contributed by atoms with Crippen molar-refractivity contribution in [3.8, 4) is 0 Å². The number of carbonyl (C=O) groups excluding carboxylic acids is 4. The predicted molar refractivity (Wildman–Crippen MR) is 213 cm³/mol. The fourth-order valence-electron chi connectivity index (χ4n) is 7.36. The van der Waals surface area contributed by atoms with Crippen LogP contribution < -0.4 is 16.0 Å². The van der Waals surface area contributed by atoms with Gasteiger partial charge in [0.1, 0.15) is 10.7 Å². The standard InChI is InChI=1S/C41H64N6O6S/c1-11-27(6)31(22-35(48)41(8)18-13-19-46(41)9)38(50)47(10)34(25(3)4)23-32(45-40(53)42-12-2)37-44-33(24-54-37)36(49)43-30(20-28(7)39(51)52)21-29-16-14-26(5)15-17-29/h14-17,24-25,27-28,30-32,34H,11-13,18-23H2,1-10H3,(H,43,49)(H,51,52)(H2,42,45,53)/t27-,28-,30+,31-,32+,34+,41+/m0/s1. The van der Waals surface area contributed by atoms with Crippen LogP contribution in [-0.2, 0) is 20.8 Å². The first-order valence-corrected chi connectivity index (χ1v) is 20.4. The molecule has 0 radical (unpaired) electrons. The second kappa shape index (κ2) is 20.2. The Morgan fingerprint density at radius 2 is 1.70 bits per heavy atom. The molecule has 0 unspecified atom stereocenters. The summed E-state index contributed by atoms with van der Waals surface area (Å²) in [5.74, 6) is -2.54. The number of hydrogen-bond acceptors (Lipinski definition) is 8. The number of likely N-dealkylation sites (tertiary alicyclic amines) is 1. The highest BCUT2D eigenvalue weighted by Crippen LogP contribution is 2.34. The number of aromatic nitrogens is 1. The van der Waals surface area contributed by atoms with Gasteiger partial charge in [-0.15, -0.1) is 11.3 Å². The second-order valence-electron chi connectivity index (χ2n) is 15.9. The average Bonchev–Trinajstić information content (AvgIpc) is 3.76. The van der Waals surface area contributed by atoms with Crippen molar-refractivity contribution in [2.24, 2.45) is 23.7 Å². The topological polar surface area (TPSA) is 161 Å². The summed E-state index contributed by atoms with van der Waals surface area (Å²) >= 11 is 1.25. The molecule has 0 spiro atoms. The molecule has 1 aliphatic rings. The number of likely N-dealkylation sites (N-methyl/N-ethyl adjacent to an activating group) is 1. The molecule has 12 nitrogen and oxygen atoms in total. The van der Waals surface area contributed by atoms with Crippen molar-refractivity contribution in [3.63, 3.8) is 0 Å². The number of aliphatic carboxylic acids is 1. The number of carbonyl (C=O) groups is 5. The summed E-state index contributed by atoms with van der Waals surface area (Å²) in [6.45, 7) is 16.8. The molecule has 4 amide bonds. The first kappa shape index (κ1) is 44.6. The van der Waals surface area contributed by atoms with E-state index in [-0.39, 0.29) is 48.1 Å². The predicted octanol–water partition coefficient (Wildman–Crippen LogP) is 6.24. The van der Waals surface area contributed by atoms with E-state index in [1.54, 1.807) is 24.3 Å². The second-order valence-corrected chi connectivity index (χ2v) is 16.8. The van der Waals surface area contributed by atoms with Gasteiger partial charge in [0.05, 0.1) is 17.5 Å². The highest BCUT2D eigenvalue weighted by atomic mass is 32.1. The van der Waals surface area contributed by atoms with Crippen LogP contribution in [0.5, 0.6) is 0 Å². The van der Waals surface area contributed by atoms with E-state index in [9.17, 15) is 29.1 Å². The number of aryl methyl sites for hydroxylation is 1. The number of hydrogen-bond donors (Lipinski definition) is 4. The summed E-state index contributed by atoms with van der Waals surface area (Å²) in [4.78, 5) is 75.0. The number of carboxylic acid groups (broad SMARTS) is 1. The molecule has 0 saturated carbocycles. The summed E-state index contributed by atoms with van der Waals surface area (Å²) in [6, 6.07) is 6.12. The van der Waals surface area contributed by atoms with Crippen molar-refractivity contribution in [1.82, 2.24) is 30.7 Å². The maximum Gasteiger partial charge on any atom is 0.315 e. The van der Waals surface area contributed by atoms with E-state index >= 15 is 0 Å². The summed E-state index contributed by atoms with van der Waals surface area (Å²) in [7, 11) is 3.76. The third-order valence-corrected chi connectivity index (χ3v) is 12.4. The summed E-state index contributed by atoms with van der Waals surface area (Å²) in [6.07, 6.45) is 3.69. The average molecular weight is 769 g/mol. The van der Waals surface area contributed by atoms with Gasteiger partial charge in [0.2, 0.25) is 5.91 Å². The Morgan fingerprint density at radius 3 is 2.26 bits per heavy atom. The number of ketones is 1. The van der Waals surface area contributed by atoms with E-state index in [0.29, 0.717) is 24.4 Å². The molecule has 2 heterocycles. The number of amides is 4. The molecule has 1 aliphatic heterocycles. The zero-order chi connectivity index (χ0) is 40.3. The van der Waals surface area contributed by atoms with E-state index in [2.05, 4.69) is 20.9 Å². The Hall–Kier alpha value is -3.84. The van der Waals surface area contributed by atoms with Gasteiger partial charge in [-0.05, 0) is 83.9 Å². The summed E-state index contributed by atoms with van der Waals surface area (Å²) in [5.41, 5.74) is 1.67. The molecule has 4 N–H and O–H groups in total. The number of benzene rings is 1. The molecule has 300 valence electrons. The molecule has 54 heavy (non-hydrogen) atoms. The monoisotopic (exact) mass is 768 g/mol. The van der Waals surface area contributed by atoms with Crippen molar-refractivity contribution in [1.29, 1.82) is 0 Å². The van der Waals surface area contributed by atoms with E-state index in [1.807, 2.05) is 79.8 Å². The molecule has 7 atom stereocenters. The summed E-state index contributed by atoms with van der Waals surface area (Å²) < 4.78 is 0. The van der Waals surface area contributed by atoms with Crippen LogP contribution in [0.2, 0.25) is 0 Å². The van der Waals surface area contributed by atoms with Crippen molar-refractivity contribution >= 4 is 40.9 Å². The largest absolute Gasteiger partial charge is 0.481 e. The fraction of sp³-hybridized carbons (Fsp3) is 0.659. The summed E-state index contributed by atoms with van der Waals surface area (Å²) in [5, 5.41) is 20.6. The van der Waals surface area contributed by atoms with E-state index in [0.717, 1.165) is 36.9 Å². The zero-order valence-electron chi connectivity index (χ0n) is 34.0. The van der Waals surface area contributed by atoms with Gasteiger partial charge in [-0.2, -0.15) is 0 Å². The lowest BCUT2D eigenvalue weighted by Crippen LogP contribution is -2.50. The number of thiazole rings is 1. The lowest BCUT2D eigenvalue weighted by molar-refractivity contribution is -0.143. The number of Topliss-reactive ketones (excluding diaryl/α,β-unsaturated/α-hetero) is 1. The van der Waals surface area contributed by atoms with E-state index in [4.69, 9.17) is 4.98 Å². The minimum Gasteiger partial charge on any atom is -0.481 e. The molecule has 1 saturated heterocycles. The fourth-order valence-corrected chi connectivity index (χ4v) is 8.23. The van der Waals surface area contributed by atoms with Gasteiger partial charge in [-0.25, -0.2) is 9.78 Å². The number of urea groups is 1. The quantitative estimate of drug-likeness (QED) is 0.123. The van der Waals surface area contributed by atoms with Gasteiger partial charge in [0, 0.05) is 43.4 Å². The normalized spacial score (nSPS) is 19.3. The Labute approximate surface area is 326 Å².